The lowest BCUT2D eigenvalue weighted by atomic mass is 9.98. The van der Waals surface area contributed by atoms with Gasteiger partial charge in [-0.05, 0) is 56.2 Å². The molecule has 4 rings (SSSR count). The number of methoxy groups -OCH3 is 2. The zero-order valence-electron chi connectivity index (χ0n) is 17.4. The Morgan fingerprint density at radius 2 is 1.90 bits per heavy atom. The maximum atomic E-state index is 13.1. The average Bonchev–Trinajstić information content (AvgIpc) is 3.04. The van der Waals surface area contributed by atoms with Crippen LogP contribution in [-0.4, -0.2) is 37.7 Å². The molecule has 2 heterocycles. The highest BCUT2D eigenvalue weighted by atomic mass is 16.5. The lowest BCUT2D eigenvalue weighted by molar-refractivity contribution is 0.0673. The zero-order valence-corrected chi connectivity index (χ0v) is 17.4. The summed E-state index contributed by atoms with van der Waals surface area (Å²) in [5, 5.41) is 0. The van der Waals surface area contributed by atoms with Gasteiger partial charge >= 0.3 is 0 Å². The molecule has 0 saturated carbocycles. The predicted molar refractivity (Wildman–Crippen MR) is 110 cm³/mol. The molecule has 0 amide bonds. The number of nitrogens with zero attached hydrogens (tertiary/aromatic N) is 1. The molecule has 6 heteroatoms. The molecule has 0 radical (unpaired) electrons. The second kappa shape index (κ2) is 7.44. The summed E-state index contributed by atoms with van der Waals surface area (Å²) in [6.45, 7) is 7.38. The van der Waals surface area contributed by atoms with Crippen LogP contribution in [0.1, 0.15) is 40.9 Å². The van der Waals surface area contributed by atoms with Gasteiger partial charge in [0.25, 0.3) is 0 Å². The Morgan fingerprint density at radius 1 is 1.14 bits per heavy atom. The van der Waals surface area contributed by atoms with E-state index in [1.54, 1.807) is 26.4 Å². The Balaban J connectivity index is 1.73. The standard InChI is InChI=1S/C23H25NO5/c1-13(2)24-11-16-18(28-12-24)8-14(3)21-22(25)20(29-23(16)21)10-15-6-7-17(26-4)19(9-15)27-5/h6-10,13H,11-12H2,1-5H3/b20-10-. The molecule has 0 atom stereocenters. The smallest absolute Gasteiger partial charge is 0.232 e. The van der Waals surface area contributed by atoms with Crippen LogP contribution < -0.4 is 18.9 Å². The van der Waals surface area contributed by atoms with E-state index in [2.05, 4.69) is 18.7 Å². The molecule has 6 nitrogen and oxygen atoms in total. The van der Waals surface area contributed by atoms with Crippen LogP contribution in [0.3, 0.4) is 0 Å². The zero-order chi connectivity index (χ0) is 20.7. The number of aryl methyl sites for hydroxylation is 1. The third-order valence-corrected chi connectivity index (χ3v) is 5.39. The quantitative estimate of drug-likeness (QED) is 0.724. The predicted octanol–water partition coefficient (Wildman–Crippen LogP) is 4.19. The molecular weight excluding hydrogens is 370 g/mol. The SMILES string of the molecule is COc1ccc(/C=C2\Oc3c4c(cc(C)c3C2=O)OCN(C(C)C)C4)cc1OC. The average molecular weight is 395 g/mol. The fourth-order valence-electron chi connectivity index (χ4n) is 3.67. The summed E-state index contributed by atoms with van der Waals surface area (Å²) in [5.41, 5.74) is 3.20. The lowest BCUT2D eigenvalue weighted by Gasteiger charge is -2.32. The fraction of sp³-hybridized carbons (Fsp3) is 0.348. The maximum absolute atomic E-state index is 13.1. The first-order chi connectivity index (χ1) is 13.9. The van der Waals surface area contributed by atoms with E-state index in [0.717, 1.165) is 22.4 Å². The molecule has 0 saturated heterocycles. The number of carbonyl (C=O) groups excluding carboxylic acids is 1. The van der Waals surface area contributed by atoms with Crippen molar-refractivity contribution in [2.45, 2.75) is 33.4 Å². The van der Waals surface area contributed by atoms with E-state index in [9.17, 15) is 4.79 Å². The number of fused-ring (bicyclic) bond motifs is 3. The van der Waals surface area contributed by atoms with Crippen LogP contribution in [0.5, 0.6) is 23.0 Å². The van der Waals surface area contributed by atoms with Gasteiger partial charge in [-0.25, -0.2) is 0 Å². The third-order valence-electron chi connectivity index (χ3n) is 5.39. The monoisotopic (exact) mass is 395 g/mol. The summed E-state index contributed by atoms with van der Waals surface area (Å²) in [4.78, 5) is 15.3. The van der Waals surface area contributed by atoms with E-state index in [-0.39, 0.29) is 5.78 Å². The molecule has 0 aliphatic carbocycles. The van der Waals surface area contributed by atoms with Crippen LogP contribution in [-0.2, 0) is 6.54 Å². The van der Waals surface area contributed by atoms with Crippen molar-refractivity contribution in [3.8, 4) is 23.0 Å². The molecule has 0 aromatic heterocycles. The lowest BCUT2D eigenvalue weighted by Crippen LogP contribution is -2.37. The Bertz CT molecular complexity index is 1010. The second-order valence-corrected chi connectivity index (χ2v) is 7.54. The van der Waals surface area contributed by atoms with Crippen LogP contribution in [0.2, 0.25) is 0 Å². The first-order valence-electron chi connectivity index (χ1n) is 9.62. The van der Waals surface area contributed by atoms with Gasteiger partial charge < -0.3 is 18.9 Å². The Labute approximate surface area is 170 Å². The minimum atomic E-state index is -0.114. The second-order valence-electron chi connectivity index (χ2n) is 7.54. The van der Waals surface area contributed by atoms with E-state index in [4.69, 9.17) is 18.9 Å². The van der Waals surface area contributed by atoms with Crippen LogP contribution >= 0.6 is 0 Å². The summed E-state index contributed by atoms with van der Waals surface area (Å²) >= 11 is 0. The molecule has 0 spiro atoms. The first kappa shape index (κ1) is 19.3. The number of rotatable bonds is 4. The van der Waals surface area contributed by atoms with Crippen LogP contribution in [0.4, 0.5) is 0 Å². The molecule has 29 heavy (non-hydrogen) atoms. The van der Waals surface area contributed by atoms with E-state index >= 15 is 0 Å². The molecule has 152 valence electrons. The molecule has 2 aliphatic heterocycles. The highest BCUT2D eigenvalue weighted by molar-refractivity contribution is 6.15. The first-order valence-corrected chi connectivity index (χ1v) is 9.62. The number of ketones is 1. The van der Waals surface area contributed by atoms with Gasteiger partial charge in [0.2, 0.25) is 5.78 Å². The van der Waals surface area contributed by atoms with Crippen LogP contribution in [0.25, 0.3) is 6.08 Å². The van der Waals surface area contributed by atoms with Crippen molar-refractivity contribution in [3.05, 3.63) is 52.3 Å². The summed E-state index contributed by atoms with van der Waals surface area (Å²) in [7, 11) is 3.17. The molecule has 0 bridgehead atoms. The van der Waals surface area contributed by atoms with Crippen molar-refractivity contribution in [2.24, 2.45) is 0 Å². The molecule has 0 N–H and O–H groups in total. The fourth-order valence-corrected chi connectivity index (χ4v) is 3.67. The summed E-state index contributed by atoms with van der Waals surface area (Å²) < 4.78 is 22.7. The molecule has 2 aromatic rings. The Morgan fingerprint density at radius 3 is 2.59 bits per heavy atom. The highest BCUT2D eigenvalue weighted by Gasteiger charge is 2.35. The molecule has 0 unspecified atom stereocenters. The van der Waals surface area contributed by atoms with Crippen molar-refractivity contribution in [2.75, 3.05) is 21.0 Å². The van der Waals surface area contributed by atoms with E-state index < -0.39 is 0 Å². The van der Waals surface area contributed by atoms with Gasteiger partial charge in [-0.3, -0.25) is 9.69 Å². The normalized spacial score (nSPS) is 17.0. The highest BCUT2D eigenvalue weighted by Crippen LogP contribution is 2.44. The molecular formula is C23H25NO5. The maximum Gasteiger partial charge on any atom is 0.232 e. The minimum Gasteiger partial charge on any atom is -0.493 e. The van der Waals surface area contributed by atoms with E-state index in [1.807, 2.05) is 25.1 Å². The number of hydrogen-bond donors (Lipinski definition) is 0. The number of ether oxygens (including phenoxy) is 4. The van der Waals surface area contributed by atoms with Gasteiger partial charge in [-0.1, -0.05) is 6.07 Å². The van der Waals surface area contributed by atoms with Gasteiger partial charge in [-0.2, -0.15) is 0 Å². The Hall–Kier alpha value is -2.99. The number of Topliss-reactive ketones (excluding diaryl/α,β-unsaturated/α-hetero) is 1. The van der Waals surface area contributed by atoms with Crippen molar-refractivity contribution in [1.82, 2.24) is 4.90 Å². The van der Waals surface area contributed by atoms with Gasteiger partial charge in [0.15, 0.2) is 17.3 Å². The van der Waals surface area contributed by atoms with Crippen molar-refractivity contribution >= 4 is 11.9 Å². The van der Waals surface area contributed by atoms with Crippen molar-refractivity contribution < 1.29 is 23.7 Å². The number of benzene rings is 2. The van der Waals surface area contributed by atoms with E-state index in [0.29, 0.717) is 47.9 Å². The molecule has 2 aliphatic rings. The summed E-state index contributed by atoms with van der Waals surface area (Å²) in [6.07, 6.45) is 1.74. The summed E-state index contributed by atoms with van der Waals surface area (Å²) in [6, 6.07) is 7.75. The van der Waals surface area contributed by atoms with Crippen molar-refractivity contribution in [1.29, 1.82) is 0 Å². The van der Waals surface area contributed by atoms with Gasteiger partial charge in [0.05, 0.1) is 25.3 Å². The minimum absolute atomic E-state index is 0.114. The number of hydrogen-bond acceptors (Lipinski definition) is 6. The van der Waals surface area contributed by atoms with Gasteiger partial charge in [-0.15, -0.1) is 0 Å². The third kappa shape index (κ3) is 3.34. The van der Waals surface area contributed by atoms with Crippen LogP contribution in [0, 0.1) is 6.92 Å². The molecule has 0 fully saturated rings. The largest absolute Gasteiger partial charge is 0.493 e. The summed E-state index contributed by atoms with van der Waals surface area (Å²) in [5.74, 6) is 2.81. The Kier molecular flexibility index (Phi) is 4.96. The number of allylic oxidation sites excluding steroid dienone is 1. The van der Waals surface area contributed by atoms with Crippen LogP contribution in [0.15, 0.2) is 30.0 Å². The van der Waals surface area contributed by atoms with E-state index in [1.165, 1.54) is 0 Å². The van der Waals surface area contributed by atoms with Gasteiger partial charge in [0.1, 0.15) is 18.2 Å². The molecule has 2 aromatic carbocycles. The topological polar surface area (TPSA) is 57.2 Å². The van der Waals surface area contributed by atoms with Crippen molar-refractivity contribution in [3.63, 3.8) is 0 Å². The van der Waals surface area contributed by atoms with Gasteiger partial charge in [0, 0.05) is 12.6 Å². The number of carbonyl (C=O) groups is 1.